The Hall–Kier alpha value is -1.88. The first-order valence-electron chi connectivity index (χ1n) is 5.43. The van der Waals surface area contributed by atoms with Crippen molar-refractivity contribution >= 4 is 0 Å². The van der Waals surface area contributed by atoms with Crippen LogP contribution in [0, 0.1) is 5.82 Å². The minimum Gasteiger partial charge on any atom is -0.490 e. The summed E-state index contributed by atoms with van der Waals surface area (Å²) in [5.41, 5.74) is 6.03. The van der Waals surface area contributed by atoms with Gasteiger partial charge in [-0.2, -0.15) is 5.10 Å². The Morgan fingerprint density at radius 3 is 3.06 bits per heavy atom. The molecular formula is C12H14FN3O. The molecule has 5 heteroatoms. The Morgan fingerprint density at radius 2 is 2.29 bits per heavy atom. The maximum Gasteiger partial charge on any atom is 0.157 e. The largest absolute Gasteiger partial charge is 0.490 e. The average Bonchev–Trinajstić information content (AvgIpc) is 2.78. The van der Waals surface area contributed by atoms with Gasteiger partial charge in [0.15, 0.2) is 5.75 Å². The standard InChI is InChI=1S/C12H14FN3O/c13-10-3-1-4-11(7-10)16-9-12(8-15-16)17-6-2-5-14/h1,3-4,7-9H,2,5-6,14H2. The van der Waals surface area contributed by atoms with Gasteiger partial charge in [-0.3, -0.25) is 0 Å². The SMILES string of the molecule is NCCCOc1cnn(-c2cccc(F)c2)c1. The molecule has 2 rings (SSSR count). The highest BCUT2D eigenvalue weighted by Crippen LogP contribution is 2.14. The minimum absolute atomic E-state index is 0.288. The molecule has 0 unspecified atom stereocenters. The van der Waals surface area contributed by atoms with Crippen LogP contribution >= 0.6 is 0 Å². The van der Waals surface area contributed by atoms with Crippen LogP contribution in [0.25, 0.3) is 5.69 Å². The Kier molecular flexibility index (Phi) is 3.72. The normalized spacial score (nSPS) is 10.5. The van der Waals surface area contributed by atoms with Crippen molar-refractivity contribution in [1.82, 2.24) is 9.78 Å². The zero-order valence-corrected chi connectivity index (χ0v) is 9.34. The average molecular weight is 235 g/mol. The lowest BCUT2D eigenvalue weighted by Crippen LogP contribution is -2.05. The summed E-state index contributed by atoms with van der Waals surface area (Å²) >= 11 is 0. The van der Waals surface area contributed by atoms with Crippen molar-refractivity contribution in [3.63, 3.8) is 0 Å². The van der Waals surface area contributed by atoms with Crippen molar-refractivity contribution in [3.8, 4) is 11.4 Å². The molecule has 0 saturated carbocycles. The topological polar surface area (TPSA) is 53.1 Å². The molecule has 1 aromatic heterocycles. The summed E-state index contributed by atoms with van der Waals surface area (Å²) in [6, 6.07) is 6.23. The zero-order chi connectivity index (χ0) is 12.1. The Labute approximate surface area is 98.8 Å². The second-order valence-corrected chi connectivity index (χ2v) is 3.59. The van der Waals surface area contributed by atoms with Gasteiger partial charge in [0.05, 0.1) is 24.7 Å². The number of nitrogens with zero attached hydrogens (tertiary/aromatic N) is 2. The highest BCUT2D eigenvalue weighted by atomic mass is 19.1. The predicted molar refractivity (Wildman–Crippen MR) is 62.7 cm³/mol. The molecule has 1 aromatic carbocycles. The highest BCUT2D eigenvalue weighted by molar-refractivity contribution is 5.32. The fourth-order valence-corrected chi connectivity index (χ4v) is 1.41. The number of hydrogen-bond acceptors (Lipinski definition) is 3. The van der Waals surface area contributed by atoms with Crippen molar-refractivity contribution in [3.05, 3.63) is 42.5 Å². The molecule has 0 atom stereocenters. The van der Waals surface area contributed by atoms with Crippen LogP contribution in [0.3, 0.4) is 0 Å². The summed E-state index contributed by atoms with van der Waals surface area (Å²) in [5, 5.41) is 4.10. The lowest BCUT2D eigenvalue weighted by Gasteiger charge is -2.01. The van der Waals surface area contributed by atoms with E-state index in [4.69, 9.17) is 10.5 Å². The van der Waals surface area contributed by atoms with Gasteiger partial charge in [0.1, 0.15) is 5.82 Å². The second kappa shape index (κ2) is 5.45. The molecule has 0 amide bonds. The summed E-state index contributed by atoms with van der Waals surface area (Å²) in [7, 11) is 0. The first-order chi connectivity index (χ1) is 8.29. The van der Waals surface area contributed by atoms with Crippen LogP contribution in [0.2, 0.25) is 0 Å². The minimum atomic E-state index is -0.288. The van der Waals surface area contributed by atoms with Gasteiger partial charge < -0.3 is 10.5 Å². The summed E-state index contributed by atoms with van der Waals surface area (Å²) in [4.78, 5) is 0. The molecule has 0 saturated heterocycles. The molecule has 0 radical (unpaired) electrons. The maximum absolute atomic E-state index is 13.0. The van der Waals surface area contributed by atoms with E-state index in [1.165, 1.54) is 12.1 Å². The van der Waals surface area contributed by atoms with E-state index < -0.39 is 0 Å². The van der Waals surface area contributed by atoms with Crippen molar-refractivity contribution in [2.24, 2.45) is 5.73 Å². The van der Waals surface area contributed by atoms with E-state index in [9.17, 15) is 4.39 Å². The van der Waals surface area contributed by atoms with Gasteiger partial charge in [0, 0.05) is 0 Å². The number of aromatic nitrogens is 2. The fourth-order valence-electron chi connectivity index (χ4n) is 1.41. The maximum atomic E-state index is 13.0. The van der Waals surface area contributed by atoms with Gasteiger partial charge in [-0.25, -0.2) is 9.07 Å². The molecule has 0 bridgehead atoms. The molecule has 0 aliphatic carbocycles. The summed E-state index contributed by atoms with van der Waals surface area (Å²) in [6.07, 6.45) is 4.11. The van der Waals surface area contributed by atoms with E-state index in [0.717, 1.165) is 6.42 Å². The Bertz CT molecular complexity index is 484. The fraction of sp³-hybridized carbons (Fsp3) is 0.250. The van der Waals surface area contributed by atoms with E-state index in [0.29, 0.717) is 24.6 Å². The number of ether oxygens (including phenoxy) is 1. The van der Waals surface area contributed by atoms with Crippen LogP contribution in [0.1, 0.15) is 6.42 Å². The van der Waals surface area contributed by atoms with Crippen molar-refractivity contribution < 1.29 is 9.13 Å². The zero-order valence-electron chi connectivity index (χ0n) is 9.34. The third-order valence-electron chi connectivity index (χ3n) is 2.25. The van der Waals surface area contributed by atoms with Gasteiger partial charge in [-0.15, -0.1) is 0 Å². The van der Waals surface area contributed by atoms with Gasteiger partial charge in [0.25, 0.3) is 0 Å². The van der Waals surface area contributed by atoms with E-state index in [2.05, 4.69) is 5.10 Å². The quantitative estimate of drug-likeness (QED) is 0.803. The van der Waals surface area contributed by atoms with Crippen molar-refractivity contribution in [1.29, 1.82) is 0 Å². The molecule has 0 aliphatic rings. The monoisotopic (exact) mass is 235 g/mol. The Balaban J connectivity index is 2.07. The summed E-state index contributed by atoms with van der Waals surface area (Å²) in [6.45, 7) is 1.16. The van der Waals surface area contributed by atoms with E-state index >= 15 is 0 Å². The first kappa shape index (κ1) is 11.6. The van der Waals surface area contributed by atoms with Crippen LogP contribution in [-0.2, 0) is 0 Å². The van der Waals surface area contributed by atoms with E-state index in [1.807, 2.05) is 0 Å². The van der Waals surface area contributed by atoms with Crippen LogP contribution in [0.5, 0.6) is 5.75 Å². The molecule has 2 N–H and O–H groups in total. The third-order valence-corrected chi connectivity index (χ3v) is 2.25. The molecule has 0 fully saturated rings. The van der Waals surface area contributed by atoms with Gasteiger partial charge >= 0.3 is 0 Å². The number of halogens is 1. The lowest BCUT2D eigenvalue weighted by atomic mass is 10.3. The lowest BCUT2D eigenvalue weighted by molar-refractivity contribution is 0.313. The highest BCUT2D eigenvalue weighted by Gasteiger charge is 2.02. The van der Waals surface area contributed by atoms with Crippen molar-refractivity contribution in [2.45, 2.75) is 6.42 Å². The third kappa shape index (κ3) is 3.04. The predicted octanol–water partition coefficient (Wildman–Crippen LogP) is 1.74. The van der Waals surface area contributed by atoms with Gasteiger partial charge in [-0.1, -0.05) is 6.07 Å². The first-order valence-corrected chi connectivity index (χ1v) is 5.43. The van der Waals surface area contributed by atoms with Crippen molar-refractivity contribution in [2.75, 3.05) is 13.2 Å². The molecule has 90 valence electrons. The molecule has 17 heavy (non-hydrogen) atoms. The van der Waals surface area contributed by atoms with Crippen LogP contribution in [0.15, 0.2) is 36.7 Å². The number of hydrogen-bond donors (Lipinski definition) is 1. The molecule has 2 aromatic rings. The van der Waals surface area contributed by atoms with Crippen LogP contribution in [0.4, 0.5) is 4.39 Å². The molecule has 1 heterocycles. The summed E-state index contributed by atoms with van der Waals surface area (Å²) < 4.78 is 20.0. The van der Waals surface area contributed by atoms with E-state index in [-0.39, 0.29) is 5.82 Å². The second-order valence-electron chi connectivity index (χ2n) is 3.59. The molecule has 0 aliphatic heterocycles. The molecule has 0 spiro atoms. The Morgan fingerprint density at radius 1 is 1.41 bits per heavy atom. The molecular weight excluding hydrogens is 221 g/mol. The number of benzene rings is 1. The summed E-state index contributed by atoms with van der Waals surface area (Å²) in [5.74, 6) is 0.367. The van der Waals surface area contributed by atoms with Crippen LogP contribution in [-0.4, -0.2) is 22.9 Å². The van der Waals surface area contributed by atoms with Gasteiger partial charge in [0.2, 0.25) is 0 Å². The van der Waals surface area contributed by atoms with Crippen LogP contribution < -0.4 is 10.5 Å². The van der Waals surface area contributed by atoms with Gasteiger partial charge in [-0.05, 0) is 31.2 Å². The smallest absolute Gasteiger partial charge is 0.157 e. The molecule has 4 nitrogen and oxygen atoms in total. The number of nitrogens with two attached hydrogens (primary N) is 1. The number of rotatable bonds is 5. The van der Waals surface area contributed by atoms with E-state index in [1.54, 1.807) is 29.2 Å².